The van der Waals surface area contributed by atoms with Crippen molar-refractivity contribution in [3.8, 4) is 0 Å². The fraction of sp³-hybridized carbons (Fsp3) is 0.941. The Morgan fingerprint density at radius 2 is 1.10 bits per heavy atom. The van der Waals surface area contributed by atoms with Crippen LogP contribution in [0.2, 0.25) is 0 Å². The van der Waals surface area contributed by atoms with Crippen LogP contribution in [0, 0.1) is 11.8 Å². The maximum Gasteiger partial charge on any atom is 0.135 e. The molecule has 0 N–H and O–H groups in total. The van der Waals surface area contributed by atoms with E-state index in [1.807, 2.05) is 0 Å². The topological polar surface area (TPSA) is 17.1 Å². The number of hydrogen-bond donors (Lipinski definition) is 0. The van der Waals surface area contributed by atoms with Crippen molar-refractivity contribution in [2.45, 2.75) is 87.8 Å². The van der Waals surface area contributed by atoms with Gasteiger partial charge in [-0.25, -0.2) is 0 Å². The molecule has 0 aromatic rings. The smallest absolute Gasteiger partial charge is 0.135 e. The highest BCUT2D eigenvalue weighted by atomic mass is 35.5. The molecule has 0 aromatic heterocycles. The molecule has 2 aliphatic rings. The van der Waals surface area contributed by atoms with Crippen LogP contribution in [0.3, 0.4) is 0 Å². The zero-order valence-electron chi connectivity index (χ0n) is 12.5. The van der Waals surface area contributed by atoms with Crippen molar-refractivity contribution < 1.29 is 4.79 Å². The van der Waals surface area contributed by atoms with Gasteiger partial charge < -0.3 is 0 Å². The summed E-state index contributed by atoms with van der Waals surface area (Å²) >= 11 is 12.9. The third-order valence-corrected chi connectivity index (χ3v) is 6.19. The van der Waals surface area contributed by atoms with Gasteiger partial charge in [0.15, 0.2) is 0 Å². The highest BCUT2D eigenvalue weighted by Gasteiger charge is 2.27. The molecule has 2 atom stereocenters. The van der Waals surface area contributed by atoms with E-state index in [0.717, 1.165) is 0 Å². The van der Waals surface area contributed by atoms with Gasteiger partial charge >= 0.3 is 0 Å². The van der Waals surface area contributed by atoms with Crippen LogP contribution < -0.4 is 0 Å². The molecule has 2 unspecified atom stereocenters. The zero-order chi connectivity index (χ0) is 14.4. The van der Waals surface area contributed by atoms with Gasteiger partial charge in [-0.2, -0.15) is 0 Å². The molecule has 2 rings (SSSR count). The first-order valence-electron chi connectivity index (χ1n) is 8.46. The van der Waals surface area contributed by atoms with Crippen LogP contribution in [0.1, 0.15) is 77.0 Å². The molecule has 0 aromatic carbocycles. The molecule has 2 aliphatic carbocycles. The van der Waals surface area contributed by atoms with Gasteiger partial charge in [-0.3, -0.25) is 4.79 Å². The number of halogens is 2. The molecule has 0 bridgehead atoms. The maximum atomic E-state index is 12.2. The van der Waals surface area contributed by atoms with Gasteiger partial charge in [0.1, 0.15) is 5.78 Å². The van der Waals surface area contributed by atoms with E-state index in [9.17, 15) is 4.79 Å². The van der Waals surface area contributed by atoms with Gasteiger partial charge in [0.25, 0.3) is 0 Å². The summed E-state index contributed by atoms with van der Waals surface area (Å²) < 4.78 is 0. The standard InChI is InChI=1S/C17H28Cl2O/c18-16(13-7-3-1-4-8-13)11-15(20)12-17(19)14-9-5-2-6-10-14/h13-14,16-17H,1-12H2. The molecule has 2 saturated carbocycles. The second-order valence-electron chi connectivity index (χ2n) is 6.78. The lowest BCUT2D eigenvalue weighted by Crippen LogP contribution is -2.25. The second-order valence-corrected chi connectivity index (χ2v) is 7.90. The van der Waals surface area contributed by atoms with Gasteiger partial charge in [-0.05, 0) is 37.5 Å². The molecule has 3 heteroatoms. The van der Waals surface area contributed by atoms with E-state index >= 15 is 0 Å². The molecule has 0 spiro atoms. The molecule has 0 heterocycles. The van der Waals surface area contributed by atoms with Crippen molar-refractivity contribution >= 4 is 29.0 Å². The minimum atomic E-state index is 0.0398. The molecular formula is C17H28Cl2O. The Labute approximate surface area is 133 Å². The molecule has 1 nitrogen and oxygen atoms in total. The quantitative estimate of drug-likeness (QED) is 0.573. The molecular weight excluding hydrogens is 291 g/mol. The second kappa shape index (κ2) is 8.63. The Bertz CT molecular complexity index is 265. The van der Waals surface area contributed by atoms with Crippen LogP contribution in [0.5, 0.6) is 0 Å². The number of Topliss-reactive ketones (excluding diaryl/α,β-unsaturated/α-hetero) is 1. The zero-order valence-corrected chi connectivity index (χ0v) is 14.0. The van der Waals surface area contributed by atoms with Gasteiger partial charge in [0, 0.05) is 23.6 Å². The monoisotopic (exact) mass is 318 g/mol. The average Bonchev–Trinajstić information content (AvgIpc) is 2.49. The predicted molar refractivity (Wildman–Crippen MR) is 86.7 cm³/mol. The first-order valence-corrected chi connectivity index (χ1v) is 9.34. The summed E-state index contributed by atoms with van der Waals surface area (Å²) in [5, 5.41) is 0.0797. The van der Waals surface area contributed by atoms with E-state index in [2.05, 4.69) is 0 Å². The lowest BCUT2D eigenvalue weighted by Gasteiger charge is -2.27. The van der Waals surface area contributed by atoms with E-state index < -0.39 is 0 Å². The third-order valence-electron chi connectivity index (χ3n) is 5.17. The average molecular weight is 319 g/mol. The number of alkyl halides is 2. The molecule has 0 saturated heterocycles. The van der Waals surface area contributed by atoms with Crippen LogP contribution in [0.4, 0.5) is 0 Å². The van der Waals surface area contributed by atoms with Gasteiger partial charge in [0.05, 0.1) is 0 Å². The van der Waals surface area contributed by atoms with Crippen molar-refractivity contribution in [1.29, 1.82) is 0 Å². The summed E-state index contributed by atoms with van der Waals surface area (Å²) in [4.78, 5) is 12.2. The van der Waals surface area contributed by atoms with Crippen LogP contribution in [0.25, 0.3) is 0 Å². The molecule has 0 radical (unpaired) electrons. The van der Waals surface area contributed by atoms with Crippen molar-refractivity contribution in [2.75, 3.05) is 0 Å². The van der Waals surface area contributed by atoms with Gasteiger partial charge in [-0.15, -0.1) is 23.2 Å². The van der Waals surface area contributed by atoms with Crippen molar-refractivity contribution in [3.63, 3.8) is 0 Å². The van der Waals surface area contributed by atoms with Crippen molar-refractivity contribution in [1.82, 2.24) is 0 Å². The Balaban J connectivity index is 1.70. The highest BCUT2D eigenvalue weighted by molar-refractivity contribution is 6.23. The van der Waals surface area contributed by atoms with E-state index in [4.69, 9.17) is 23.2 Å². The Hall–Kier alpha value is 0.250. The summed E-state index contributed by atoms with van der Waals surface area (Å²) in [5.74, 6) is 1.39. The van der Waals surface area contributed by atoms with E-state index in [1.165, 1.54) is 64.2 Å². The lowest BCUT2D eigenvalue weighted by molar-refractivity contribution is -0.119. The van der Waals surface area contributed by atoms with Gasteiger partial charge in [0.2, 0.25) is 0 Å². The number of hydrogen-bond acceptors (Lipinski definition) is 1. The number of rotatable bonds is 6. The maximum absolute atomic E-state index is 12.2. The summed E-state index contributed by atoms with van der Waals surface area (Å²) in [6.07, 6.45) is 13.7. The largest absolute Gasteiger partial charge is 0.300 e. The number of ketones is 1. The SMILES string of the molecule is O=C(CC(Cl)C1CCCCC1)CC(Cl)C1CCCCC1. The molecule has 0 amide bonds. The number of carbonyl (C=O) groups is 1. The Morgan fingerprint density at radius 1 is 0.750 bits per heavy atom. The minimum absolute atomic E-state index is 0.0398. The van der Waals surface area contributed by atoms with Crippen LogP contribution in [-0.4, -0.2) is 16.5 Å². The normalized spacial score (nSPS) is 25.3. The van der Waals surface area contributed by atoms with E-state index in [-0.39, 0.29) is 16.5 Å². The first-order chi connectivity index (χ1) is 9.66. The molecule has 116 valence electrons. The summed E-state index contributed by atoms with van der Waals surface area (Å²) in [5.41, 5.74) is 0. The Morgan fingerprint density at radius 3 is 1.45 bits per heavy atom. The summed E-state index contributed by atoms with van der Waals surface area (Å²) in [6.45, 7) is 0. The molecule has 20 heavy (non-hydrogen) atoms. The van der Waals surface area contributed by atoms with E-state index in [1.54, 1.807) is 0 Å². The third kappa shape index (κ3) is 5.22. The molecule has 2 fully saturated rings. The van der Waals surface area contributed by atoms with Crippen molar-refractivity contribution in [3.05, 3.63) is 0 Å². The van der Waals surface area contributed by atoms with Gasteiger partial charge in [-0.1, -0.05) is 38.5 Å². The summed E-state index contributed by atoms with van der Waals surface area (Å²) in [7, 11) is 0. The fourth-order valence-electron chi connectivity index (χ4n) is 3.84. The number of carbonyl (C=O) groups excluding carboxylic acids is 1. The van der Waals surface area contributed by atoms with Crippen LogP contribution >= 0.6 is 23.2 Å². The minimum Gasteiger partial charge on any atom is -0.300 e. The predicted octanol–water partition coefficient (Wildman–Crippen LogP) is 5.71. The fourth-order valence-corrected chi connectivity index (χ4v) is 4.69. The Kier molecular flexibility index (Phi) is 7.17. The summed E-state index contributed by atoms with van der Waals surface area (Å²) in [6, 6.07) is 0. The van der Waals surface area contributed by atoms with Crippen molar-refractivity contribution in [2.24, 2.45) is 11.8 Å². The van der Waals surface area contributed by atoms with Crippen LogP contribution in [-0.2, 0) is 4.79 Å². The highest BCUT2D eigenvalue weighted by Crippen LogP contribution is 2.33. The van der Waals surface area contributed by atoms with E-state index in [0.29, 0.717) is 24.7 Å². The molecule has 0 aliphatic heterocycles. The van der Waals surface area contributed by atoms with Crippen LogP contribution in [0.15, 0.2) is 0 Å². The lowest BCUT2D eigenvalue weighted by atomic mass is 9.83. The first kappa shape index (κ1) is 16.6.